The number of nitro groups is 1. The number of hydrogen-bond acceptors (Lipinski definition) is 3. The fourth-order valence-electron chi connectivity index (χ4n) is 0.910. The molecule has 0 atom stereocenters. The van der Waals surface area contributed by atoms with Crippen LogP contribution in [0.5, 0.6) is 0 Å². The second-order valence-corrected chi connectivity index (χ2v) is 2.92. The molecule has 7 heteroatoms. The molecule has 1 aromatic rings. The predicted molar refractivity (Wildman–Crippen MR) is 45.6 cm³/mol. The quantitative estimate of drug-likeness (QED) is 0.439. The molecule has 0 saturated heterocycles. The molecule has 0 bridgehead atoms. The summed E-state index contributed by atoms with van der Waals surface area (Å²) in [7, 11) is 0. The molecule has 0 unspecified atom stereocenters. The summed E-state index contributed by atoms with van der Waals surface area (Å²) in [6, 6.07) is 0.970. The molecule has 0 aliphatic carbocycles. The van der Waals surface area contributed by atoms with Gasteiger partial charge in [-0.15, -0.1) is 0 Å². The van der Waals surface area contributed by atoms with Crippen LogP contribution in [-0.2, 0) is 0 Å². The zero-order valence-electron chi connectivity index (χ0n) is 7.00. The lowest BCUT2D eigenvalue weighted by Crippen LogP contribution is -2.00. The minimum Gasteiger partial charge on any atom is -0.358 e. The SMILES string of the molecule is Cc1cc(C(F)F)c([N+](=O)[O-])nc1Cl. The maximum absolute atomic E-state index is 12.3. The van der Waals surface area contributed by atoms with E-state index < -0.39 is 22.7 Å². The second-order valence-electron chi connectivity index (χ2n) is 2.57. The van der Waals surface area contributed by atoms with Gasteiger partial charge in [-0.3, -0.25) is 0 Å². The Morgan fingerprint density at radius 2 is 2.21 bits per heavy atom. The normalized spacial score (nSPS) is 10.6. The number of aromatic nitrogens is 1. The van der Waals surface area contributed by atoms with Gasteiger partial charge in [0.2, 0.25) is 5.15 Å². The van der Waals surface area contributed by atoms with Gasteiger partial charge < -0.3 is 10.1 Å². The molecule has 1 heterocycles. The Morgan fingerprint density at radius 3 is 2.64 bits per heavy atom. The van der Waals surface area contributed by atoms with E-state index >= 15 is 0 Å². The summed E-state index contributed by atoms with van der Waals surface area (Å²) in [6.45, 7) is 1.45. The smallest absolute Gasteiger partial charge is 0.358 e. The highest BCUT2D eigenvalue weighted by atomic mass is 35.5. The zero-order chi connectivity index (χ0) is 10.9. The monoisotopic (exact) mass is 222 g/mol. The van der Waals surface area contributed by atoms with Crippen LogP contribution in [-0.4, -0.2) is 9.91 Å². The average Bonchev–Trinajstić information content (AvgIpc) is 2.08. The van der Waals surface area contributed by atoms with E-state index in [4.69, 9.17) is 11.6 Å². The minimum atomic E-state index is -2.93. The van der Waals surface area contributed by atoms with Crippen LogP contribution in [0.25, 0.3) is 0 Å². The lowest BCUT2D eigenvalue weighted by molar-refractivity contribution is -0.391. The Morgan fingerprint density at radius 1 is 1.64 bits per heavy atom. The van der Waals surface area contributed by atoms with Crippen LogP contribution in [0, 0.1) is 17.0 Å². The van der Waals surface area contributed by atoms with E-state index in [0.29, 0.717) is 0 Å². The van der Waals surface area contributed by atoms with Gasteiger partial charge in [-0.2, -0.15) is 0 Å². The van der Waals surface area contributed by atoms with Gasteiger partial charge in [0.05, 0.1) is 0 Å². The van der Waals surface area contributed by atoms with Crippen molar-refractivity contribution in [2.45, 2.75) is 13.3 Å². The average molecular weight is 223 g/mol. The van der Waals surface area contributed by atoms with Crippen LogP contribution >= 0.6 is 11.6 Å². The highest BCUT2D eigenvalue weighted by molar-refractivity contribution is 6.30. The number of alkyl halides is 2. The fraction of sp³-hybridized carbons (Fsp3) is 0.286. The molecule has 76 valence electrons. The first-order valence-corrected chi connectivity index (χ1v) is 3.91. The van der Waals surface area contributed by atoms with Gasteiger partial charge in [-0.05, 0) is 34.5 Å². The lowest BCUT2D eigenvalue weighted by atomic mass is 10.2. The first-order chi connectivity index (χ1) is 6.43. The fourth-order valence-corrected chi connectivity index (χ4v) is 1.04. The number of pyridine rings is 1. The number of aryl methyl sites for hydroxylation is 1. The molecule has 1 aromatic heterocycles. The Bertz CT molecular complexity index is 384. The van der Waals surface area contributed by atoms with Crippen LogP contribution in [0.3, 0.4) is 0 Å². The summed E-state index contributed by atoms with van der Waals surface area (Å²) in [4.78, 5) is 12.6. The van der Waals surface area contributed by atoms with Crippen molar-refractivity contribution in [1.29, 1.82) is 0 Å². The maximum atomic E-state index is 12.3. The Hall–Kier alpha value is -1.30. The third-order valence-electron chi connectivity index (χ3n) is 1.57. The predicted octanol–water partition coefficient (Wildman–Crippen LogP) is 2.89. The van der Waals surface area contributed by atoms with Crippen LogP contribution in [0.15, 0.2) is 6.07 Å². The zero-order valence-corrected chi connectivity index (χ0v) is 7.76. The summed E-state index contributed by atoms with van der Waals surface area (Å²) >= 11 is 5.47. The van der Waals surface area contributed by atoms with Crippen molar-refractivity contribution in [1.82, 2.24) is 4.98 Å². The van der Waals surface area contributed by atoms with Crippen molar-refractivity contribution in [3.8, 4) is 0 Å². The number of nitrogens with zero attached hydrogens (tertiary/aromatic N) is 2. The van der Waals surface area contributed by atoms with Gasteiger partial charge in [-0.1, -0.05) is 0 Å². The Balaban J connectivity index is 3.39. The third kappa shape index (κ3) is 1.95. The number of hydrogen-bond donors (Lipinski definition) is 0. The second kappa shape index (κ2) is 3.83. The molecular weight excluding hydrogens is 218 g/mol. The molecule has 14 heavy (non-hydrogen) atoms. The van der Waals surface area contributed by atoms with Gasteiger partial charge in [0.1, 0.15) is 5.56 Å². The molecular formula is C7H5ClF2N2O2. The molecule has 0 aliphatic rings. The van der Waals surface area contributed by atoms with E-state index in [1.165, 1.54) is 6.92 Å². The van der Waals surface area contributed by atoms with Crippen LogP contribution in [0.1, 0.15) is 17.6 Å². The third-order valence-corrected chi connectivity index (χ3v) is 1.95. The van der Waals surface area contributed by atoms with Gasteiger partial charge in [-0.25, -0.2) is 8.78 Å². The van der Waals surface area contributed by atoms with E-state index in [1.807, 2.05) is 0 Å². The molecule has 0 radical (unpaired) electrons. The molecule has 1 rings (SSSR count). The molecule has 0 aromatic carbocycles. The topological polar surface area (TPSA) is 56.0 Å². The highest BCUT2D eigenvalue weighted by Crippen LogP contribution is 2.30. The van der Waals surface area contributed by atoms with Gasteiger partial charge in [0.15, 0.2) is 0 Å². The molecule has 0 saturated carbocycles. The minimum absolute atomic E-state index is 0.138. The van der Waals surface area contributed by atoms with Crippen molar-refractivity contribution in [3.63, 3.8) is 0 Å². The van der Waals surface area contributed by atoms with E-state index in [-0.39, 0.29) is 10.7 Å². The van der Waals surface area contributed by atoms with Crippen molar-refractivity contribution >= 4 is 17.4 Å². The summed E-state index contributed by atoms with van der Waals surface area (Å²) in [5, 5.41) is 10.2. The summed E-state index contributed by atoms with van der Waals surface area (Å²) < 4.78 is 24.6. The molecule has 0 fully saturated rings. The summed E-state index contributed by atoms with van der Waals surface area (Å²) in [6.07, 6.45) is -2.93. The highest BCUT2D eigenvalue weighted by Gasteiger charge is 2.25. The van der Waals surface area contributed by atoms with Gasteiger partial charge in [0.25, 0.3) is 6.43 Å². The molecule has 4 nitrogen and oxygen atoms in total. The standard InChI is InChI=1S/C7H5ClF2N2O2/c1-3-2-4(6(9)10)7(12(13)14)11-5(3)8/h2,6H,1H3. The first kappa shape index (κ1) is 10.8. The molecule has 0 spiro atoms. The number of halogens is 3. The summed E-state index contributed by atoms with van der Waals surface area (Å²) in [5.41, 5.74) is -0.426. The van der Waals surface area contributed by atoms with Crippen molar-refractivity contribution < 1.29 is 13.7 Å². The Labute approximate surface area is 82.7 Å². The van der Waals surface area contributed by atoms with E-state index in [1.54, 1.807) is 0 Å². The van der Waals surface area contributed by atoms with Crippen molar-refractivity contribution in [2.24, 2.45) is 0 Å². The van der Waals surface area contributed by atoms with Crippen LogP contribution in [0.2, 0.25) is 5.15 Å². The van der Waals surface area contributed by atoms with E-state index in [2.05, 4.69) is 4.98 Å². The molecule has 0 N–H and O–H groups in total. The van der Waals surface area contributed by atoms with Crippen LogP contribution < -0.4 is 0 Å². The lowest BCUT2D eigenvalue weighted by Gasteiger charge is -2.02. The molecule has 0 amide bonds. The van der Waals surface area contributed by atoms with Gasteiger partial charge in [0, 0.05) is 5.56 Å². The van der Waals surface area contributed by atoms with Gasteiger partial charge >= 0.3 is 5.82 Å². The maximum Gasteiger partial charge on any atom is 0.374 e. The van der Waals surface area contributed by atoms with E-state index in [0.717, 1.165) is 6.07 Å². The van der Waals surface area contributed by atoms with Crippen LogP contribution in [0.4, 0.5) is 14.6 Å². The Kier molecular flexibility index (Phi) is 2.95. The van der Waals surface area contributed by atoms with E-state index in [9.17, 15) is 18.9 Å². The molecule has 0 aliphatic heterocycles. The van der Waals surface area contributed by atoms with Crippen molar-refractivity contribution in [2.75, 3.05) is 0 Å². The number of rotatable bonds is 2. The van der Waals surface area contributed by atoms with Crippen molar-refractivity contribution in [3.05, 3.63) is 32.5 Å². The summed E-state index contributed by atoms with van der Waals surface area (Å²) in [5.74, 6) is -0.893. The largest absolute Gasteiger partial charge is 0.374 e. The first-order valence-electron chi connectivity index (χ1n) is 3.53.